The van der Waals surface area contributed by atoms with Crippen LogP contribution in [0, 0.1) is 6.92 Å². The summed E-state index contributed by atoms with van der Waals surface area (Å²) in [6.45, 7) is 1.95. The minimum atomic E-state index is -1.09. The van der Waals surface area contributed by atoms with Crippen molar-refractivity contribution in [3.05, 3.63) is 47.8 Å². The molecule has 0 aliphatic heterocycles. The molecular weight excluding hydrogens is 232 g/mol. The van der Waals surface area contributed by atoms with Gasteiger partial charge in [-0.15, -0.1) is 0 Å². The van der Waals surface area contributed by atoms with Crippen molar-refractivity contribution >= 4 is 11.5 Å². The number of carboxylic acid groups (broad SMARTS) is 1. The molecular formula is C13H10N2O3. The van der Waals surface area contributed by atoms with E-state index in [-0.39, 0.29) is 5.69 Å². The molecule has 1 N–H and O–H groups in total. The predicted octanol–water partition coefficient (Wildman–Crippen LogP) is 2.60. The topological polar surface area (TPSA) is 67.7 Å². The predicted molar refractivity (Wildman–Crippen MR) is 64.6 cm³/mol. The molecule has 18 heavy (non-hydrogen) atoms. The van der Waals surface area contributed by atoms with Crippen LogP contribution >= 0.6 is 0 Å². The van der Waals surface area contributed by atoms with E-state index in [2.05, 4.69) is 5.16 Å². The van der Waals surface area contributed by atoms with Crippen LogP contribution in [0.2, 0.25) is 0 Å². The van der Waals surface area contributed by atoms with Gasteiger partial charge in [0, 0.05) is 17.8 Å². The zero-order valence-corrected chi connectivity index (χ0v) is 9.62. The van der Waals surface area contributed by atoms with Gasteiger partial charge in [-0.2, -0.15) is 0 Å². The van der Waals surface area contributed by atoms with E-state index in [9.17, 15) is 4.79 Å². The van der Waals surface area contributed by atoms with Gasteiger partial charge in [0.15, 0.2) is 11.5 Å². The van der Waals surface area contributed by atoms with Crippen LogP contribution < -0.4 is 0 Å². The Bertz CT molecular complexity index is 740. The van der Waals surface area contributed by atoms with E-state index < -0.39 is 5.97 Å². The molecule has 0 radical (unpaired) electrons. The lowest BCUT2D eigenvalue weighted by atomic mass is 10.2. The number of carbonyl (C=O) groups is 1. The molecule has 0 aromatic carbocycles. The number of aryl methyl sites for hydroxylation is 1. The van der Waals surface area contributed by atoms with E-state index >= 15 is 0 Å². The summed E-state index contributed by atoms with van der Waals surface area (Å²) < 4.78 is 7.05. The first-order valence-corrected chi connectivity index (χ1v) is 5.44. The number of aromatic nitrogens is 2. The van der Waals surface area contributed by atoms with Crippen molar-refractivity contribution in [3.63, 3.8) is 0 Å². The van der Waals surface area contributed by atoms with Gasteiger partial charge in [0.05, 0.1) is 5.69 Å². The first kappa shape index (κ1) is 10.6. The summed E-state index contributed by atoms with van der Waals surface area (Å²) in [5.74, 6) is -0.639. The van der Waals surface area contributed by atoms with Gasteiger partial charge in [-0.25, -0.2) is 4.79 Å². The Kier molecular flexibility index (Phi) is 2.19. The smallest absolute Gasteiger partial charge is 0.358 e. The van der Waals surface area contributed by atoms with Crippen LogP contribution in [0.15, 0.2) is 41.1 Å². The standard InChI is InChI=1S/C13H10N2O3/c1-8-6-9-4-2-3-5-15(9)12(8)11-7-10(13(16)17)14-18-11/h2-7H,1H3,(H,16,17). The van der Waals surface area contributed by atoms with Crippen molar-refractivity contribution in [3.8, 4) is 11.5 Å². The van der Waals surface area contributed by atoms with Crippen LogP contribution in [0.3, 0.4) is 0 Å². The molecule has 0 atom stereocenters. The van der Waals surface area contributed by atoms with Gasteiger partial charge in [-0.05, 0) is 30.7 Å². The number of aromatic carboxylic acids is 1. The molecule has 0 saturated heterocycles. The fourth-order valence-electron chi connectivity index (χ4n) is 2.06. The molecule has 0 spiro atoms. The highest BCUT2D eigenvalue weighted by Crippen LogP contribution is 2.27. The molecule has 0 bridgehead atoms. The molecule has 0 amide bonds. The molecule has 0 saturated carbocycles. The number of rotatable bonds is 2. The van der Waals surface area contributed by atoms with Gasteiger partial charge in [-0.3, -0.25) is 0 Å². The third kappa shape index (κ3) is 1.48. The zero-order chi connectivity index (χ0) is 12.7. The number of nitrogens with zero attached hydrogens (tertiary/aromatic N) is 2. The molecule has 3 aromatic heterocycles. The van der Waals surface area contributed by atoms with Gasteiger partial charge < -0.3 is 14.0 Å². The Labute approximate surface area is 102 Å². The average molecular weight is 242 g/mol. The molecule has 0 fully saturated rings. The fraction of sp³-hybridized carbons (Fsp3) is 0.0769. The summed E-state index contributed by atoms with van der Waals surface area (Å²) in [6.07, 6.45) is 1.90. The number of pyridine rings is 1. The van der Waals surface area contributed by atoms with Crippen molar-refractivity contribution in [2.24, 2.45) is 0 Å². The van der Waals surface area contributed by atoms with Crippen LogP contribution in [0.5, 0.6) is 0 Å². The lowest BCUT2D eigenvalue weighted by Crippen LogP contribution is -1.94. The second kappa shape index (κ2) is 3.73. The van der Waals surface area contributed by atoms with Gasteiger partial charge in [-0.1, -0.05) is 11.2 Å². The van der Waals surface area contributed by atoms with Crippen molar-refractivity contribution in [1.29, 1.82) is 0 Å². The zero-order valence-electron chi connectivity index (χ0n) is 9.62. The lowest BCUT2D eigenvalue weighted by Gasteiger charge is -1.99. The molecule has 5 heteroatoms. The van der Waals surface area contributed by atoms with Crippen molar-refractivity contribution < 1.29 is 14.4 Å². The van der Waals surface area contributed by atoms with Gasteiger partial charge >= 0.3 is 5.97 Å². The van der Waals surface area contributed by atoms with Crippen LogP contribution in [0.4, 0.5) is 0 Å². The number of hydrogen-bond donors (Lipinski definition) is 1. The molecule has 5 nitrogen and oxygen atoms in total. The molecule has 3 rings (SSSR count). The van der Waals surface area contributed by atoms with E-state index in [4.69, 9.17) is 9.63 Å². The Morgan fingerprint density at radius 3 is 2.94 bits per heavy atom. The summed E-state index contributed by atoms with van der Waals surface area (Å²) in [5.41, 5.74) is 2.77. The molecule has 0 unspecified atom stereocenters. The highest BCUT2D eigenvalue weighted by atomic mass is 16.5. The second-order valence-electron chi connectivity index (χ2n) is 4.05. The summed E-state index contributed by atoms with van der Waals surface area (Å²) in [5, 5.41) is 12.4. The maximum absolute atomic E-state index is 10.8. The van der Waals surface area contributed by atoms with Crippen molar-refractivity contribution in [2.45, 2.75) is 6.92 Å². The molecule has 90 valence electrons. The third-order valence-corrected chi connectivity index (χ3v) is 2.83. The molecule has 3 heterocycles. The Morgan fingerprint density at radius 2 is 2.22 bits per heavy atom. The van der Waals surface area contributed by atoms with E-state index in [1.54, 1.807) is 0 Å². The van der Waals surface area contributed by atoms with Crippen molar-refractivity contribution in [1.82, 2.24) is 9.56 Å². The first-order valence-electron chi connectivity index (χ1n) is 5.44. The fourth-order valence-corrected chi connectivity index (χ4v) is 2.06. The van der Waals surface area contributed by atoms with Crippen LogP contribution in [0.1, 0.15) is 16.1 Å². The second-order valence-corrected chi connectivity index (χ2v) is 4.05. The maximum atomic E-state index is 10.8. The van der Waals surface area contributed by atoms with Crippen molar-refractivity contribution in [2.75, 3.05) is 0 Å². The third-order valence-electron chi connectivity index (χ3n) is 2.83. The van der Waals surface area contributed by atoms with Crippen LogP contribution in [-0.2, 0) is 0 Å². The Hall–Kier alpha value is -2.56. The quantitative estimate of drug-likeness (QED) is 0.750. The summed E-state index contributed by atoms with van der Waals surface area (Å²) in [6, 6.07) is 9.28. The number of fused-ring (bicyclic) bond motifs is 1. The first-order chi connectivity index (χ1) is 8.66. The van der Waals surface area contributed by atoms with E-state index in [0.717, 1.165) is 16.8 Å². The van der Waals surface area contributed by atoms with Gasteiger partial charge in [0.25, 0.3) is 0 Å². The SMILES string of the molecule is Cc1cc2ccccn2c1-c1cc(C(=O)O)no1. The van der Waals surface area contributed by atoms with Crippen LogP contribution in [-0.4, -0.2) is 20.6 Å². The summed E-state index contributed by atoms with van der Waals surface area (Å²) in [4.78, 5) is 10.8. The summed E-state index contributed by atoms with van der Waals surface area (Å²) >= 11 is 0. The minimum absolute atomic E-state index is 0.0877. The Balaban J connectivity index is 2.24. The highest BCUT2D eigenvalue weighted by Gasteiger charge is 2.16. The summed E-state index contributed by atoms with van der Waals surface area (Å²) in [7, 11) is 0. The largest absolute Gasteiger partial charge is 0.476 e. The van der Waals surface area contributed by atoms with E-state index in [1.165, 1.54) is 6.07 Å². The Morgan fingerprint density at radius 1 is 1.39 bits per heavy atom. The average Bonchev–Trinajstić information content (AvgIpc) is 2.91. The van der Waals surface area contributed by atoms with E-state index in [0.29, 0.717) is 5.76 Å². The minimum Gasteiger partial charge on any atom is -0.476 e. The number of hydrogen-bond acceptors (Lipinski definition) is 3. The number of carboxylic acids is 1. The highest BCUT2D eigenvalue weighted by molar-refractivity contribution is 5.86. The van der Waals surface area contributed by atoms with Crippen LogP contribution in [0.25, 0.3) is 17.0 Å². The maximum Gasteiger partial charge on any atom is 0.358 e. The lowest BCUT2D eigenvalue weighted by molar-refractivity contribution is 0.0686. The van der Waals surface area contributed by atoms with Gasteiger partial charge in [0.2, 0.25) is 0 Å². The molecule has 0 aliphatic carbocycles. The monoisotopic (exact) mass is 242 g/mol. The van der Waals surface area contributed by atoms with Gasteiger partial charge in [0.1, 0.15) is 0 Å². The molecule has 0 aliphatic rings. The normalized spacial score (nSPS) is 10.9. The molecule has 3 aromatic rings. The van der Waals surface area contributed by atoms with E-state index in [1.807, 2.05) is 41.8 Å².